The summed E-state index contributed by atoms with van der Waals surface area (Å²) in [7, 11) is 7.05. The van der Waals surface area contributed by atoms with Gasteiger partial charge in [0, 0.05) is 10.9 Å². The Bertz CT molecular complexity index is 847. The van der Waals surface area contributed by atoms with Crippen LogP contribution in [-0.4, -0.2) is 69.6 Å². The van der Waals surface area contributed by atoms with Gasteiger partial charge in [0.05, 0.1) is 52.7 Å². The fraction of sp³-hybridized carbons (Fsp3) is 0.450. The number of anilines is 1. The van der Waals surface area contributed by atoms with Gasteiger partial charge in [0.15, 0.2) is 5.13 Å². The highest BCUT2D eigenvalue weighted by atomic mass is 32.1. The maximum atomic E-state index is 13.2. The largest absolute Gasteiger partial charge is 0.497 e. The summed E-state index contributed by atoms with van der Waals surface area (Å²) in [5.74, 6) is 0.443. The van der Waals surface area contributed by atoms with Crippen LogP contribution in [0.5, 0.6) is 11.5 Å². The number of methoxy groups -OCH3 is 2. The minimum atomic E-state index is -0.284. The number of nitrogens with zero attached hydrogens (tertiary/aromatic N) is 2. The molecule has 0 bridgehead atoms. The van der Waals surface area contributed by atoms with Gasteiger partial charge in [-0.15, -0.1) is 11.3 Å². The Kier molecular flexibility index (Phi) is 7.98. The number of rotatable bonds is 9. The average molecular weight is 422 g/mol. The first-order valence-corrected chi connectivity index (χ1v) is 10.1. The molecule has 0 aliphatic rings. The zero-order valence-electron chi connectivity index (χ0n) is 17.8. The molecule has 0 fully saturated rings. The van der Waals surface area contributed by atoms with E-state index in [1.54, 1.807) is 25.3 Å². The summed E-state index contributed by atoms with van der Waals surface area (Å²) < 4.78 is 10.6. The van der Waals surface area contributed by atoms with Crippen LogP contribution in [0.15, 0.2) is 18.2 Å². The number of amides is 2. The lowest BCUT2D eigenvalue weighted by atomic mass is 10.1. The van der Waals surface area contributed by atoms with Crippen molar-refractivity contribution in [2.24, 2.45) is 0 Å². The molecule has 0 saturated carbocycles. The lowest BCUT2D eigenvalue weighted by molar-refractivity contribution is -0.857. The number of hydrogen-bond donors (Lipinski definition) is 2. The van der Waals surface area contributed by atoms with Crippen molar-refractivity contribution in [3.8, 4) is 11.5 Å². The minimum absolute atomic E-state index is 0.0705. The van der Waals surface area contributed by atoms with Crippen LogP contribution in [0, 0.1) is 13.8 Å². The van der Waals surface area contributed by atoms with Crippen LogP contribution in [0.25, 0.3) is 0 Å². The number of hydrogen-bond acceptors (Lipinski definition) is 6. The molecule has 0 aliphatic heterocycles. The number of carbonyl (C=O) groups is 2. The van der Waals surface area contributed by atoms with Gasteiger partial charge in [-0.05, 0) is 26.0 Å². The fourth-order valence-electron chi connectivity index (χ4n) is 2.61. The van der Waals surface area contributed by atoms with Crippen LogP contribution in [0.3, 0.4) is 0 Å². The van der Waals surface area contributed by atoms with E-state index in [0.29, 0.717) is 35.3 Å². The molecule has 1 aromatic heterocycles. The Morgan fingerprint density at radius 2 is 1.93 bits per heavy atom. The molecule has 8 nitrogen and oxygen atoms in total. The third kappa shape index (κ3) is 6.16. The third-order valence-electron chi connectivity index (χ3n) is 4.42. The topological polar surface area (TPSA) is 85.2 Å². The van der Waals surface area contributed by atoms with Crippen LogP contribution in [-0.2, 0) is 4.79 Å². The Balaban J connectivity index is 2.20. The Labute approximate surface area is 175 Å². The van der Waals surface area contributed by atoms with Crippen LogP contribution in [0.1, 0.15) is 20.9 Å². The molecule has 0 spiro atoms. The summed E-state index contributed by atoms with van der Waals surface area (Å²) in [5, 5.41) is 3.33. The Morgan fingerprint density at radius 3 is 2.48 bits per heavy atom. The SMILES string of the molecule is COc1ccc(C(=O)N(CC[NH+](C)C)CC(=O)Nc2nc(C)c(C)s2)c(OC)c1. The van der Waals surface area contributed by atoms with E-state index >= 15 is 0 Å². The van der Waals surface area contributed by atoms with Crippen molar-refractivity contribution >= 4 is 28.3 Å². The van der Waals surface area contributed by atoms with Crippen LogP contribution in [0.2, 0.25) is 0 Å². The van der Waals surface area contributed by atoms with Crippen molar-refractivity contribution in [2.75, 3.05) is 53.3 Å². The number of ether oxygens (including phenoxy) is 2. The van der Waals surface area contributed by atoms with E-state index in [1.807, 2.05) is 27.9 Å². The molecule has 0 unspecified atom stereocenters. The molecule has 1 heterocycles. The van der Waals surface area contributed by atoms with Crippen molar-refractivity contribution < 1.29 is 24.0 Å². The minimum Gasteiger partial charge on any atom is -0.497 e. The molecule has 0 radical (unpaired) electrons. The van der Waals surface area contributed by atoms with Crippen molar-refractivity contribution in [1.29, 1.82) is 0 Å². The molecule has 2 rings (SSSR count). The van der Waals surface area contributed by atoms with Crippen LogP contribution >= 0.6 is 11.3 Å². The molecule has 2 amide bonds. The van der Waals surface area contributed by atoms with Gasteiger partial charge >= 0.3 is 0 Å². The van der Waals surface area contributed by atoms with E-state index in [2.05, 4.69) is 10.3 Å². The van der Waals surface area contributed by atoms with Crippen molar-refractivity contribution in [3.63, 3.8) is 0 Å². The van der Waals surface area contributed by atoms with E-state index in [9.17, 15) is 9.59 Å². The van der Waals surface area contributed by atoms with E-state index in [-0.39, 0.29) is 18.4 Å². The molecule has 2 aromatic rings. The molecule has 9 heteroatoms. The number of likely N-dealkylation sites (N-methyl/N-ethyl adjacent to an activating group) is 1. The summed E-state index contributed by atoms with van der Waals surface area (Å²) in [4.78, 5) is 33.8. The lowest BCUT2D eigenvalue weighted by Crippen LogP contribution is -3.06. The number of quaternary nitrogens is 1. The predicted octanol–water partition coefficient (Wildman–Crippen LogP) is 1.00. The molecular weight excluding hydrogens is 392 g/mol. The zero-order chi connectivity index (χ0) is 21.6. The van der Waals surface area contributed by atoms with Gasteiger partial charge in [-0.2, -0.15) is 0 Å². The average Bonchev–Trinajstić information content (AvgIpc) is 3.00. The standard InChI is InChI=1S/C20H28N4O4S/c1-13-14(2)29-20(21-13)22-18(25)12-24(10-9-23(3)4)19(26)16-8-7-15(27-5)11-17(16)28-6/h7-8,11H,9-10,12H2,1-6H3,(H,21,22,25)/p+1. The first-order valence-electron chi connectivity index (χ1n) is 9.29. The maximum absolute atomic E-state index is 13.2. The number of aromatic nitrogens is 1. The maximum Gasteiger partial charge on any atom is 0.258 e. The van der Waals surface area contributed by atoms with Gasteiger partial charge in [-0.25, -0.2) is 4.98 Å². The first kappa shape index (κ1) is 22.6. The van der Waals surface area contributed by atoms with Crippen LogP contribution in [0.4, 0.5) is 5.13 Å². The van der Waals surface area contributed by atoms with E-state index in [0.717, 1.165) is 10.6 Å². The highest BCUT2D eigenvalue weighted by Crippen LogP contribution is 2.26. The van der Waals surface area contributed by atoms with Gasteiger partial charge in [-0.1, -0.05) is 0 Å². The second-order valence-corrected chi connectivity index (χ2v) is 8.16. The molecule has 158 valence electrons. The highest BCUT2D eigenvalue weighted by molar-refractivity contribution is 7.15. The third-order valence-corrected chi connectivity index (χ3v) is 5.41. The number of benzene rings is 1. The molecule has 1 aromatic carbocycles. The molecule has 29 heavy (non-hydrogen) atoms. The first-order chi connectivity index (χ1) is 13.7. The zero-order valence-corrected chi connectivity index (χ0v) is 18.6. The van der Waals surface area contributed by atoms with Gasteiger partial charge in [0.1, 0.15) is 18.0 Å². The van der Waals surface area contributed by atoms with Crippen molar-refractivity contribution in [2.45, 2.75) is 13.8 Å². The van der Waals surface area contributed by atoms with Gasteiger partial charge in [0.25, 0.3) is 5.91 Å². The molecule has 2 N–H and O–H groups in total. The van der Waals surface area contributed by atoms with Crippen LogP contribution < -0.4 is 19.7 Å². The molecule has 0 atom stereocenters. The highest BCUT2D eigenvalue weighted by Gasteiger charge is 2.23. The molecule has 0 saturated heterocycles. The summed E-state index contributed by atoms with van der Waals surface area (Å²) >= 11 is 1.42. The predicted molar refractivity (Wildman–Crippen MR) is 113 cm³/mol. The summed E-state index contributed by atoms with van der Waals surface area (Å²) in [6, 6.07) is 5.01. The van der Waals surface area contributed by atoms with Gasteiger partial charge in [0.2, 0.25) is 5.91 Å². The normalized spacial score (nSPS) is 10.7. The number of carbonyl (C=O) groups excluding carboxylic acids is 2. The number of thiazole rings is 1. The smallest absolute Gasteiger partial charge is 0.258 e. The summed E-state index contributed by atoms with van der Waals surface area (Å²) in [6.45, 7) is 4.91. The number of nitrogens with one attached hydrogen (secondary N) is 2. The Morgan fingerprint density at radius 1 is 1.21 bits per heavy atom. The monoisotopic (exact) mass is 421 g/mol. The second kappa shape index (κ2) is 10.2. The molecule has 0 aliphatic carbocycles. The van der Waals surface area contributed by atoms with Crippen molar-refractivity contribution in [1.82, 2.24) is 9.88 Å². The second-order valence-electron chi connectivity index (χ2n) is 6.96. The quantitative estimate of drug-likeness (QED) is 0.631. The summed E-state index contributed by atoms with van der Waals surface area (Å²) in [5.41, 5.74) is 1.27. The van der Waals surface area contributed by atoms with E-state index in [1.165, 1.54) is 28.2 Å². The summed E-state index contributed by atoms with van der Waals surface area (Å²) in [6.07, 6.45) is 0. The van der Waals surface area contributed by atoms with Gasteiger partial charge < -0.3 is 24.6 Å². The van der Waals surface area contributed by atoms with Gasteiger partial charge in [-0.3, -0.25) is 9.59 Å². The number of aryl methyl sites for hydroxylation is 2. The van der Waals surface area contributed by atoms with Crippen molar-refractivity contribution in [3.05, 3.63) is 34.3 Å². The van der Waals surface area contributed by atoms with E-state index < -0.39 is 0 Å². The van der Waals surface area contributed by atoms with E-state index in [4.69, 9.17) is 9.47 Å². The molecular formula is C20H29N4O4S+. The Hall–Kier alpha value is -2.65. The lowest BCUT2D eigenvalue weighted by Gasteiger charge is -2.23. The fourth-order valence-corrected chi connectivity index (χ4v) is 3.45.